The van der Waals surface area contributed by atoms with E-state index in [1.807, 2.05) is 6.92 Å². The van der Waals surface area contributed by atoms with Gasteiger partial charge in [-0.2, -0.15) is 4.31 Å². The second-order valence-electron chi connectivity index (χ2n) is 4.39. The zero-order chi connectivity index (χ0) is 15.2. The van der Waals surface area contributed by atoms with E-state index in [-0.39, 0.29) is 24.6 Å². The minimum absolute atomic E-state index is 0.171. The average Bonchev–Trinajstić information content (AvgIpc) is 2.43. The summed E-state index contributed by atoms with van der Waals surface area (Å²) in [5.74, 6) is 0. The molecule has 0 aliphatic rings. The maximum atomic E-state index is 12.5. The Bertz CT molecular complexity index is 554. The number of aliphatic hydroxyl groups is 1. The normalized spacial score (nSPS) is 11.8. The molecule has 1 aromatic carbocycles. The number of rotatable bonds is 8. The van der Waals surface area contributed by atoms with Crippen LogP contribution in [0.1, 0.15) is 11.1 Å². The third kappa shape index (κ3) is 3.89. The van der Waals surface area contributed by atoms with Crippen molar-refractivity contribution in [1.29, 1.82) is 0 Å². The van der Waals surface area contributed by atoms with Gasteiger partial charge in [-0.1, -0.05) is 12.1 Å². The van der Waals surface area contributed by atoms with E-state index in [9.17, 15) is 13.5 Å². The highest BCUT2D eigenvalue weighted by Gasteiger charge is 2.23. The molecular weight excluding hydrogens is 278 g/mol. The molecule has 6 heteroatoms. The first kappa shape index (κ1) is 16.8. The third-order valence-electron chi connectivity index (χ3n) is 3.01. The molecule has 0 aliphatic carbocycles. The van der Waals surface area contributed by atoms with Crippen LogP contribution in [0.3, 0.4) is 0 Å². The lowest BCUT2D eigenvalue weighted by Crippen LogP contribution is -2.34. The number of aliphatic hydroxyl groups excluding tert-OH is 1. The van der Waals surface area contributed by atoms with Gasteiger partial charge in [0.05, 0.1) is 18.1 Å². The van der Waals surface area contributed by atoms with Crippen LogP contribution in [0, 0.1) is 6.92 Å². The Labute approximate surface area is 120 Å². The van der Waals surface area contributed by atoms with Gasteiger partial charge < -0.3 is 9.84 Å². The zero-order valence-corrected chi connectivity index (χ0v) is 12.7. The number of methoxy groups -OCH3 is 1. The quantitative estimate of drug-likeness (QED) is 0.735. The van der Waals surface area contributed by atoms with E-state index in [2.05, 4.69) is 6.58 Å². The van der Waals surface area contributed by atoms with Crippen molar-refractivity contribution in [3.05, 3.63) is 42.0 Å². The zero-order valence-electron chi connectivity index (χ0n) is 11.9. The van der Waals surface area contributed by atoms with E-state index in [0.717, 1.165) is 5.56 Å². The van der Waals surface area contributed by atoms with Crippen LogP contribution < -0.4 is 0 Å². The Hall–Kier alpha value is -1.21. The summed E-state index contributed by atoms with van der Waals surface area (Å²) in [5.41, 5.74) is 1.47. The molecule has 0 atom stereocenters. The number of sulfonamides is 1. The molecule has 0 heterocycles. The number of benzene rings is 1. The molecule has 0 saturated heterocycles. The minimum Gasteiger partial charge on any atom is -0.392 e. The molecule has 1 rings (SSSR count). The van der Waals surface area contributed by atoms with Gasteiger partial charge in [0.15, 0.2) is 0 Å². The fourth-order valence-electron chi connectivity index (χ4n) is 1.77. The molecule has 0 radical (unpaired) electrons. The molecule has 112 valence electrons. The van der Waals surface area contributed by atoms with Crippen molar-refractivity contribution in [2.75, 3.05) is 26.8 Å². The number of aryl methyl sites for hydroxylation is 1. The number of nitrogens with zero attached hydrogens (tertiary/aromatic N) is 1. The number of hydrogen-bond donors (Lipinski definition) is 1. The first-order valence-corrected chi connectivity index (χ1v) is 7.71. The van der Waals surface area contributed by atoms with Gasteiger partial charge in [0.2, 0.25) is 10.0 Å². The van der Waals surface area contributed by atoms with Crippen molar-refractivity contribution in [3.8, 4) is 0 Å². The Morgan fingerprint density at radius 3 is 2.70 bits per heavy atom. The maximum Gasteiger partial charge on any atom is 0.243 e. The van der Waals surface area contributed by atoms with Gasteiger partial charge in [0, 0.05) is 20.2 Å². The minimum atomic E-state index is -3.61. The second-order valence-corrected chi connectivity index (χ2v) is 6.33. The average molecular weight is 299 g/mol. The molecular formula is C14H21NO4S. The van der Waals surface area contributed by atoms with Crippen LogP contribution in [-0.2, 0) is 21.4 Å². The molecule has 0 amide bonds. The highest BCUT2D eigenvalue weighted by atomic mass is 32.2. The van der Waals surface area contributed by atoms with E-state index in [0.29, 0.717) is 12.2 Å². The van der Waals surface area contributed by atoms with Gasteiger partial charge >= 0.3 is 0 Å². The summed E-state index contributed by atoms with van der Waals surface area (Å²) < 4.78 is 31.3. The lowest BCUT2D eigenvalue weighted by Gasteiger charge is -2.21. The SMILES string of the molecule is C=CCN(CCOC)S(=O)(=O)c1ccc(C)c(CO)c1. The molecule has 0 bridgehead atoms. The van der Waals surface area contributed by atoms with E-state index in [4.69, 9.17) is 4.74 Å². The second kappa shape index (κ2) is 7.54. The molecule has 0 saturated carbocycles. The molecule has 0 aromatic heterocycles. The molecule has 5 nitrogen and oxygen atoms in total. The van der Waals surface area contributed by atoms with Crippen LogP contribution >= 0.6 is 0 Å². The van der Waals surface area contributed by atoms with Gasteiger partial charge in [-0.25, -0.2) is 8.42 Å². The Kier molecular flexibility index (Phi) is 6.35. The van der Waals surface area contributed by atoms with Gasteiger partial charge in [0.25, 0.3) is 0 Å². The highest BCUT2D eigenvalue weighted by Crippen LogP contribution is 2.19. The van der Waals surface area contributed by atoms with Crippen molar-refractivity contribution < 1.29 is 18.3 Å². The summed E-state index contributed by atoms with van der Waals surface area (Å²) in [5, 5.41) is 9.25. The Balaban J connectivity index is 3.14. The fourth-order valence-corrected chi connectivity index (χ4v) is 3.22. The molecule has 0 spiro atoms. The number of ether oxygens (including phenoxy) is 1. The van der Waals surface area contributed by atoms with Crippen LogP contribution in [0.15, 0.2) is 35.7 Å². The van der Waals surface area contributed by atoms with Gasteiger partial charge in [-0.3, -0.25) is 0 Å². The standard InChI is InChI=1S/C14H21NO4S/c1-4-7-15(8-9-19-3)20(17,18)14-6-5-12(2)13(10-14)11-16/h4-6,10,16H,1,7-9,11H2,2-3H3. The van der Waals surface area contributed by atoms with Crippen molar-refractivity contribution in [1.82, 2.24) is 4.31 Å². The van der Waals surface area contributed by atoms with Crippen LogP contribution in [0.4, 0.5) is 0 Å². The van der Waals surface area contributed by atoms with E-state index < -0.39 is 10.0 Å². The van der Waals surface area contributed by atoms with Crippen molar-refractivity contribution in [3.63, 3.8) is 0 Å². The number of hydrogen-bond acceptors (Lipinski definition) is 4. The topological polar surface area (TPSA) is 66.8 Å². The first-order valence-electron chi connectivity index (χ1n) is 6.27. The largest absolute Gasteiger partial charge is 0.392 e. The van der Waals surface area contributed by atoms with Crippen LogP contribution in [0.2, 0.25) is 0 Å². The summed E-state index contributed by atoms with van der Waals surface area (Å²) in [7, 11) is -2.09. The lowest BCUT2D eigenvalue weighted by molar-refractivity contribution is 0.182. The van der Waals surface area contributed by atoms with Gasteiger partial charge in [-0.05, 0) is 30.2 Å². The predicted molar refractivity (Wildman–Crippen MR) is 77.9 cm³/mol. The molecule has 0 fully saturated rings. The molecule has 20 heavy (non-hydrogen) atoms. The van der Waals surface area contributed by atoms with Gasteiger partial charge in [0.1, 0.15) is 0 Å². The van der Waals surface area contributed by atoms with Crippen molar-refractivity contribution in [2.45, 2.75) is 18.4 Å². The summed E-state index contributed by atoms with van der Waals surface area (Å²) >= 11 is 0. The Morgan fingerprint density at radius 1 is 1.45 bits per heavy atom. The smallest absolute Gasteiger partial charge is 0.243 e. The first-order chi connectivity index (χ1) is 9.47. The maximum absolute atomic E-state index is 12.5. The molecule has 0 unspecified atom stereocenters. The molecule has 1 N–H and O–H groups in total. The van der Waals surface area contributed by atoms with E-state index >= 15 is 0 Å². The summed E-state index contributed by atoms with van der Waals surface area (Å²) in [6.07, 6.45) is 1.54. The molecule has 1 aromatic rings. The summed E-state index contributed by atoms with van der Waals surface area (Å²) in [4.78, 5) is 0.171. The predicted octanol–water partition coefficient (Wildman–Crippen LogP) is 1.31. The van der Waals surface area contributed by atoms with Crippen LogP contribution in [0.5, 0.6) is 0 Å². The Morgan fingerprint density at radius 2 is 2.15 bits per heavy atom. The summed E-state index contributed by atoms with van der Waals surface area (Å²) in [6, 6.07) is 4.75. The third-order valence-corrected chi connectivity index (χ3v) is 4.87. The summed E-state index contributed by atoms with van der Waals surface area (Å²) in [6.45, 7) is 6.00. The van der Waals surface area contributed by atoms with Crippen LogP contribution in [-0.4, -0.2) is 44.6 Å². The van der Waals surface area contributed by atoms with E-state index in [1.54, 1.807) is 12.1 Å². The highest BCUT2D eigenvalue weighted by molar-refractivity contribution is 7.89. The molecule has 0 aliphatic heterocycles. The lowest BCUT2D eigenvalue weighted by atomic mass is 10.1. The monoisotopic (exact) mass is 299 g/mol. The van der Waals surface area contributed by atoms with Gasteiger partial charge in [-0.15, -0.1) is 6.58 Å². The fraction of sp³-hybridized carbons (Fsp3) is 0.429. The van der Waals surface area contributed by atoms with Crippen LogP contribution in [0.25, 0.3) is 0 Å². The van der Waals surface area contributed by atoms with Crippen molar-refractivity contribution >= 4 is 10.0 Å². The van der Waals surface area contributed by atoms with E-state index in [1.165, 1.54) is 23.6 Å². The van der Waals surface area contributed by atoms with Crippen molar-refractivity contribution in [2.24, 2.45) is 0 Å².